The Labute approximate surface area is 193 Å². The molecule has 0 aliphatic heterocycles. The number of rotatable bonds is 16. The summed E-state index contributed by atoms with van der Waals surface area (Å²) in [4.78, 5) is 23.8. The zero-order chi connectivity index (χ0) is 22.9. The Balaban J connectivity index is 1.50. The summed E-state index contributed by atoms with van der Waals surface area (Å²) in [7, 11) is 0. The summed E-state index contributed by atoms with van der Waals surface area (Å²) >= 11 is 0. The lowest BCUT2D eigenvalue weighted by Gasteiger charge is -2.05. The van der Waals surface area contributed by atoms with Crippen molar-refractivity contribution in [1.82, 2.24) is 10.7 Å². The van der Waals surface area contributed by atoms with Gasteiger partial charge in [0.2, 0.25) is 5.91 Å². The van der Waals surface area contributed by atoms with Crippen LogP contribution in [0.2, 0.25) is 0 Å². The quantitative estimate of drug-likeness (QED) is 0.189. The van der Waals surface area contributed by atoms with Gasteiger partial charge in [-0.25, -0.2) is 5.43 Å². The third-order valence-corrected chi connectivity index (χ3v) is 5.67. The van der Waals surface area contributed by atoms with Gasteiger partial charge in [-0.15, -0.1) is 0 Å². The number of hydrazone groups is 1. The summed E-state index contributed by atoms with van der Waals surface area (Å²) in [6.45, 7) is 2.20. The topological polar surface area (TPSA) is 70.6 Å². The molecule has 0 aliphatic rings. The standard InChI is InChI=1S/C27H39N3O2/c1-2-3-4-5-6-7-8-9-10-11-12-20-26(31)28-22-27(32)30-29-21-24-18-15-17-23-16-13-14-19-25(23)24/h13-19,21H,2-12,20,22H2,1H3,(H,28,31)(H,30,32)/b29-21+. The molecule has 2 amide bonds. The maximum absolute atomic E-state index is 11.9. The fourth-order valence-electron chi connectivity index (χ4n) is 3.79. The molecular formula is C27H39N3O2. The van der Waals surface area contributed by atoms with Gasteiger partial charge in [0, 0.05) is 12.0 Å². The van der Waals surface area contributed by atoms with Crippen LogP contribution in [0.1, 0.15) is 89.5 Å². The van der Waals surface area contributed by atoms with Crippen LogP contribution in [0.5, 0.6) is 0 Å². The SMILES string of the molecule is CCCCCCCCCCCCCC(=O)NCC(=O)N/N=C/c1cccc2ccccc12. The summed E-state index contributed by atoms with van der Waals surface area (Å²) < 4.78 is 0. The van der Waals surface area contributed by atoms with Crippen molar-refractivity contribution in [2.75, 3.05) is 6.54 Å². The lowest BCUT2D eigenvalue weighted by atomic mass is 10.1. The number of fused-ring (bicyclic) bond motifs is 1. The fraction of sp³-hybridized carbons (Fsp3) is 0.519. The van der Waals surface area contributed by atoms with Crippen LogP contribution in [0.4, 0.5) is 0 Å². The van der Waals surface area contributed by atoms with Crippen molar-refractivity contribution in [3.05, 3.63) is 48.0 Å². The highest BCUT2D eigenvalue weighted by Crippen LogP contribution is 2.16. The van der Waals surface area contributed by atoms with Crippen LogP contribution < -0.4 is 10.7 Å². The Hall–Kier alpha value is -2.69. The van der Waals surface area contributed by atoms with Gasteiger partial charge in [0.15, 0.2) is 0 Å². The first-order chi connectivity index (χ1) is 15.7. The first-order valence-corrected chi connectivity index (χ1v) is 12.3. The predicted octanol–water partition coefficient (Wildman–Crippen LogP) is 6.11. The van der Waals surface area contributed by atoms with Crippen molar-refractivity contribution >= 4 is 28.8 Å². The minimum atomic E-state index is -0.325. The summed E-state index contributed by atoms with van der Waals surface area (Å²) in [6.07, 6.45) is 15.9. The fourth-order valence-corrected chi connectivity index (χ4v) is 3.79. The van der Waals surface area contributed by atoms with Crippen LogP contribution in [0.25, 0.3) is 10.8 Å². The molecule has 174 valence electrons. The van der Waals surface area contributed by atoms with Crippen molar-refractivity contribution < 1.29 is 9.59 Å². The molecule has 2 aromatic rings. The Morgan fingerprint density at radius 1 is 0.781 bits per heavy atom. The molecular weight excluding hydrogens is 398 g/mol. The monoisotopic (exact) mass is 437 g/mol. The summed E-state index contributed by atoms with van der Waals surface area (Å²) in [5.74, 6) is -0.400. The first-order valence-electron chi connectivity index (χ1n) is 12.3. The highest BCUT2D eigenvalue weighted by atomic mass is 16.2. The summed E-state index contributed by atoms with van der Waals surface area (Å²) in [6, 6.07) is 14.0. The van der Waals surface area contributed by atoms with Gasteiger partial charge in [0.25, 0.3) is 5.91 Å². The van der Waals surface area contributed by atoms with E-state index >= 15 is 0 Å². The van der Waals surface area contributed by atoms with Gasteiger partial charge >= 0.3 is 0 Å². The molecule has 0 unspecified atom stereocenters. The summed E-state index contributed by atoms with van der Waals surface area (Å²) in [5, 5.41) is 8.90. The minimum Gasteiger partial charge on any atom is -0.347 e. The molecule has 0 bridgehead atoms. The van der Waals surface area contributed by atoms with Crippen LogP contribution in [-0.2, 0) is 9.59 Å². The van der Waals surface area contributed by atoms with E-state index in [4.69, 9.17) is 0 Å². The lowest BCUT2D eigenvalue weighted by Crippen LogP contribution is -2.34. The van der Waals surface area contributed by atoms with E-state index in [1.807, 2.05) is 42.5 Å². The molecule has 2 N–H and O–H groups in total. The molecule has 2 rings (SSSR count). The lowest BCUT2D eigenvalue weighted by molar-refractivity contribution is -0.126. The second kappa shape index (κ2) is 16.0. The minimum absolute atomic E-state index is 0.0518. The van der Waals surface area contributed by atoms with Crippen molar-refractivity contribution in [3.63, 3.8) is 0 Å². The van der Waals surface area contributed by atoms with E-state index in [0.717, 1.165) is 29.2 Å². The Morgan fingerprint density at radius 3 is 2.12 bits per heavy atom. The van der Waals surface area contributed by atoms with E-state index in [1.165, 1.54) is 57.8 Å². The van der Waals surface area contributed by atoms with E-state index in [0.29, 0.717) is 6.42 Å². The molecule has 0 radical (unpaired) electrons. The van der Waals surface area contributed by atoms with E-state index < -0.39 is 0 Å². The molecule has 2 aromatic carbocycles. The third-order valence-electron chi connectivity index (χ3n) is 5.67. The van der Waals surface area contributed by atoms with Crippen molar-refractivity contribution in [1.29, 1.82) is 0 Å². The Kier molecular flexibility index (Phi) is 12.8. The summed E-state index contributed by atoms with van der Waals surface area (Å²) in [5.41, 5.74) is 3.41. The third kappa shape index (κ3) is 10.6. The van der Waals surface area contributed by atoms with E-state index in [-0.39, 0.29) is 18.4 Å². The van der Waals surface area contributed by atoms with Gasteiger partial charge in [0.05, 0.1) is 12.8 Å². The highest BCUT2D eigenvalue weighted by Gasteiger charge is 2.05. The molecule has 0 heterocycles. The van der Waals surface area contributed by atoms with Crippen LogP contribution >= 0.6 is 0 Å². The number of nitrogens with one attached hydrogen (secondary N) is 2. The van der Waals surface area contributed by atoms with Crippen molar-refractivity contribution in [2.45, 2.75) is 84.0 Å². The molecule has 0 fully saturated rings. The predicted molar refractivity (Wildman–Crippen MR) is 134 cm³/mol. The first kappa shape index (κ1) is 25.6. The molecule has 0 spiro atoms. The zero-order valence-electron chi connectivity index (χ0n) is 19.6. The zero-order valence-corrected chi connectivity index (χ0v) is 19.6. The Morgan fingerprint density at radius 2 is 1.41 bits per heavy atom. The number of benzene rings is 2. The average Bonchev–Trinajstić information content (AvgIpc) is 2.81. The molecule has 0 atom stereocenters. The van der Waals surface area contributed by atoms with E-state index in [2.05, 4.69) is 22.8 Å². The van der Waals surface area contributed by atoms with E-state index in [9.17, 15) is 9.59 Å². The molecule has 5 nitrogen and oxygen atoms in total. The highest BCUT2D eigenvalue weighted by molar-refractivity contribution is 6.00. The van der Waals surface area contributed by atoms with Gasteiger partial charge in [0.1, 0.15) is 0 Å². The average molecular weight is 438 g/mol. The largest absolute Gasteiger partial charge is 0.347 e. The normalized spacial score (nSPS) is 11.2. The smallest absolute Gasteiger partial charge is 0.259 e. The Bertz CT molecular complexity index is 842. The molecule has 32 heavy (non-hydrogen) atoms. The number of carbonyl (C=O) groups is 2. The van der Waals surface area contributed by atoms with Gasteiger partial charge in [-0.2, -0.15) is 5.10 Å². The van der Waals surface area contributed by atoms with E-state index in [1.54, 1.807) is 6.21 Å². The molecule has 5 heteroatoms. The number of hydrogen-bond acceptors (Lipinski definition) is 3. The number of amides is 2. The van der Waals surface area contributed by atoms with Crippen molar-refractivity contribution in [3.8, 4) is 0 Å². The van der Waals surface area contributed by atoms with Gasteiger partial charge < -0.3 is 5.32 Å². The number of unbranched alkanes of at least 4 members (excludes halogenated alkanes) is 10. The van der Waals surface area contributed by atoms with Crippen molar-refractivity contribution in [2.24, 2.45) is 5.10 Å². The number of carbonyl (C=O) groups excluding carboxylic acids is 2. The molecule has 0 saturated carbocycles. The maximum atomic E-state index is 11.9. The van der Waals surface area contributed by atoms with Gasteiger partial charge in [-0.05, 0) is 17.2 Å². The molecule has 0 saturated heterocycles. The molecule has 0 aromatic heterocycles. The van der Waals surface area contributed by atoms with Crippen LogP contribution in [0.15, 0.2) is 47.6 Å². The van der Waals surface area contributed by atoms with Gasteiger partial charge in [-0.3, -0.25) is 9.59 Å². The number of hydrogen-bond donors (Lipinski definition) is 2. The second-order valence-corrected chi connectivity index (χ2v) is 8.42. The van der Waals surface area contributed by atoms with Crippen LogP contribution in [-0.4, -0.2) is 24.6 Å². The molecule has 0 aliphatic carbocycles. The second-order valence-electron chi connectivity index (χ2n) is 8.42. The van der Waals surface area contributed by atoms with Crippen LogP contribution in [0, 0.1) is 0 Å². The van der Waals surface area contributed by atoms with Crippen LogP contribution in [0.3, 0.4) is 0 Å². The van der Waals surface area contributed by atoms with Gasteiger partial charge in [-0.1, -0.05) is 114 Å². The maximum Gasteiger partial charge on any atom is 0.259 e. The number of nitrogens with zero attached hydrogens (tertiary/aromatic N) is 1.